The summed E-state index contributed by atoms with van der Waals surface area (Å²) in [4.78, 5) is 12.0. The van der Waals surface area contributed by atoms with Gasteiger partial charge in [0.05, 0.1) is 6.61 Å². The summed E-state index contributed by atoms with van der Waals surface area (Å²) < 4.78 is 21.2. The molecular formula is C17H16O5S. The fourth-order valence-corrected chi connectivity index (χ4v) is 2.58. The molecule has 1 aliphatic heterocycles. The van der Waals surface area contributed by atoms with Gasteiger partial charge in [-0.15, -0.1) is 0 Å². The minimum absolute atomic E-state index is 0.216. The maximum absolute atomic E-state index is 12.0. The molecule has 6 heteroatoms. The third kappa shape index (κ3) is 3.37. The first-order valence-electron chi connectivity index (χ1n) is 7.14. The van der Waals surface area contributed by atoms with E-state index in [9.17, 15) is 4.79 Å². The van der Waals surface area contributed by atoms with Crippen LogP contribution in [0.15, 0.2) is 33.8 Å². The van der Waals surface area contributed by atoms with Crippen LogP contribution in [-0.2, 0) is 4.74 Å². The molecule has 0 fully saturated rings. The number of carbonyl (C=O) groups excluding carboxylic acids is 1. The number of benzene rings is 1. The minimum atomic E-state index is -0.460. The molecule has 2 aromatic rings. The van der Waals surface area contributed by atoms with Gasteiger partial charge in [-0.1, -0.05) is 30.0 Å². The van der Waals surface area contributed by atoms with E-state index in [1.807, 2.05) is 42.7 Å². The summed E-state index contributed by atoms with van der Waals surface area (Å²) in [6.07, 6.45) is 5.60. The van der Waals surface area contributed by atoms with Gasteiger partial charge in [0, 0.05) is 5.56 Å². The van der Waals surface area contributed by atoms with Gasteiger partial charge >= 0.3 is 5.97 Å². The fourth-order valence-electron chi connectivity index (χ4n) is 2.16. The van der Waals surface area contributed by atoms with Gasteiger partial charge in [-0.25, -0.2) is 4.79 Å². The second kappa shape index (κ2) is 6.83. The summed E-state index contributed by atoms with van der Waals surface area (Å²) >= 11 is 1.43. The van der Waals surface area contributed by atoms with Crippen LogP contribution in [-0.4, -0.2) is 25.6 Å². The number of fused-ring (bicyclic) bond motifs is 1. The van der Waals surface area contributed by atoms with Crippen LogP contribution in [0, 0.1) is 0 Å². The predicted molar refractivity (Wildman–Crippen MR) is 87.9 cm³/mol. The maximum atomic E-state index is 12.0. The Hall–Kier alpha value is -2.34. The lowest BCUT2D eigenvalue weighted by Gasteiger charge is -2.00. The molecular weight excluding hydrogens is 316 g/mol. The fraction of sp³-hybridized carbons (Fsp3) is 0.235. The Morgan fingerprint density at radius 1 is 1.26 bits per heavy atom. The number of carbonyl (C=O) groups is 1. The molecule has 0 aliphatic carbocycles. The van der Waals surface area contributed by atoms with Crippen LogP contribution >= 0.6 is 11.8 Å². The molecule has 0 atom stereocenters. The summed E-state index contributed by atoms with van der Waals surface area (Å²) in [5.41, 5.74) is 1.63. The summed E-state index contributed by atoms with van der Waals surface area (Å²) in [6.45, 7) is 2.31. The van der Waals surface area contributed by atoms with Crippen molar-refractivity contribution in [1.29, 1.82) is 0 Å². The van der Waals surface area contributed by atoms with Gasteiger partial charge in [0.2, 0.25) is 12.6 Å². The normalized spacial score (nSPS) is 12.8. The largest absolute Gasteiger partial charge is 0.460 e. The van der Waals surface area contributed by atoms with E-state index in [4.69, 9.17) is 18.6 Å². The van der Waals surface area contributed by atoms with Crippen LogP contribution in [0.5, 0.6) is 11.5 Å². The number of rotatable bonds is 5. The molecule has 1 aromatic carbocycles. The highest BCUT2D eigenvalue weighted by atomic mass is 32.2. The van der Waals surface area contributed by atoms with E-state index in [0.717, 1.165) is 17.1 Å². The van der Waals surface area contributed by atoms with Crippen molar-refractivity contribution in [2.75, 3.05) is 19.7 Å². The van der Waals surface area contributed by atoms with Crippen molar-refractivity contribution >= 4 is 29.9 Å². The van der Waals surface area contributed by atoms with Crippen molar-refractivity contribution in [2.45, 2.75) is 12.0 Å². The Morgan fingerprint density at radius 3 is 2.87 bits per heavy atom. The topological polar surface area (TPSA) is 57.9 Å². The first-order valence-corrected chi connectivity index (χ1v) is 8.36. The van der Waals surface area contributed by atoms with E-state index in [0.29, 0.717) is 17.3 Å². The van der Waals surface area contributed by atoms with E-state index in [1.165, 1.54) is 11.8 Å². The Labute approximate surface area is 138 Å². The standard InChI is InChI=1S/C17H16O5S/c1-3-19-17(18)16-12(9-15(22-16)23-2)6-4-11-5-7-13-14(8-11)21-10-20-13/h4-9H,3,10H2,1-2H3/b6-4+. The average Bonchev–Trinajstić information content (AvgIpc) is 3.19. The molecule has 1 aliphatic rings. The van der Waals surface area contributed by atoms with Crippen LogP contribution in [0.1, 0.15) is 28.6 Å². The third-order valence-corrected chi connectivity index (χ3v) is 3.86. The van der Waals surface area contributed by atoms with Crippen LogP contribution in [0.3, 0.4) is 0 Å². The van der Waals surface area contributed by atoms with Crippen molar-refractivity contribution in [3.05, 3.63) is 41.2 Å². The zero-order valence-electron chi connectivity index (χ0n) is 12.8. The maximum Gasteiger partial charge on any atom is 0.374 e. The van der Waals surface area contributed by atoms with Crippen molar-refractivity contribution in [3.8, 4) is 11.5 Å². The smallest absolute Gasteiger partial charge is 0.374 e. The van der Waals surface area contributed by atoms with E-state index in [-0.39, 0.29) is 12.6 Å². The molecule has 1 aromatic heterocycles. The number of thioether (sulfide) groups is 1. The van der Waals surface area contributed by atoms with Gasteiger partial charge in [0.15, 0.2) is 16.6 Å². The molecule has 0 N–H and O–H groups in total. The van der Waals surface area contributed by atoms with Crippen molar-refractivity contribution in [2.24, 2.45) is 0 Å². The van der Waals surface area contributed by atoms with Crippen molar-refractivity contribution in [1.82, 2.24) is 0 Å². The molecule has 23 heavy (non-hydrogen) atoms. The number of hydrogen-bond donors (Lipinski definition) is 0. The van der Waals surface area contributed by atoms with E-state index >= 15 is 0 Å². The van der Waals surface area contributed by atoms with Crippen LogP contribution in [0.25, 0.3) is 12.2 Å². The van der Waals surface area contributed by atoms with Crippen LogP contribution < -0.4 is 9.47 Å². The Kier molecular flexibility index (Phi) is 4.62. The number of esters is 1. The Morgan fingerprint density at radius 2 is 2.09 bits per heavy atom. The monoisotopic (exact) mass is 332 g/mol. The molecule has 0 bridgehead atoms. The van der Waals surface area contributed by atoms with Crippen molar-refractivity contribution < 1.29 is 23.4 Å². The first kappa shape index (κ1) is 15.6. The minimum Gasteiger partial charge on any atom is -0.460 e. The number of hydrogen-bond acceptors (Lipinski definition) is 6. The zero-order chi connectivity index (χ0) is 16.2. The first-order chi connectivity index (χ1) is 11.2. The second-order valence-electron chi connectivity index (χ2n) is 4.72. The van der Waals surface area contributed by atoms with E-state index < -0.39 is 5.97 Å². The Balaban J connectivity index is 1.86. The number of ether oxygens (including phenoxy) is 3. The summed E-state index contributed by atoms with van der Waals surface area (Å²) in [7, 11) is 0. The van der Waals surface area contributed by atoms with Gasteiger partial charge in [-0.2, -0.15) is 0 Å². The Bertz CT molecular complexity index is 747. The summed E-state index contributed by atoms with van der Waals surface area (Å²) in [6, 6.07) is 7.49. The van der Waals surface area contributed by atoms with Gasteiger partial charge in [0.1, 0.15) is 0 Å². The number of furan rings is 1. The molecule has 0 saturated carbocycles. The van der Waals surface area contributed by atoms with E-state index in [1.54, 1.807) is 6.92 Å². The molecule has 120 valence electrons. The molecule has 0 spiro atoms. The highest BCUT2D eigenvalue weighted by Gasteiger charge is 2.18. The van der Waals surface area contributed by atoms with Gasteiger partial charge in [0.25, 0.3) is 0 Å². The molecule has 0 amide bonds. The third-order valence-electron chi connectivity index (χ3n) is 3.25. The molecule has 2 heterocycles. The highest BCUT2D eigenvalue weighted by Crippen LogP contribution is 2.33. The van der Waals surface area contributed by atoms with Crippen LogP contribution in [0.4, 0.5) is 0 Å². The second-order valence-corrected chi connectivity index (χ2v) is 5.53. The van der Waals surface area contributed by atoms with Crippen LogP contribution in [0.2, 0.25) is 0 Å². The van der Waals surface area contributed by atoms with Gasteiger partial charge in [-0.05, 0) is 36.9 Å². The summed E-state index contributed by atoms with van der Waals surface area (Å²) in [5, 5.41) is 0.665. The summed E-state index contributed by atoms with van der Waals surface area (Å²) in [5.74, 6) is 1.21. The zero-order valence-corrected chi connectivity index (χ0v) is 13.6. The molecule has 0 saturated heterocycles. The molecule has 5 nitrogen and oxygen atoms in total. The highest BCUT2D eigenvalue weighted by molar-refractivity contribution is 7.98. The molecule has 0 radical (unpaired) electrons. The van der Waals surface area contributed by atoms with Crippen molar-refractivity contribution in [3.63, 3.8) is 0 Å². The quantitative estimate of drug-likeness (QED) is 0.607. The van der Waals surface area contributed by atoms with Gasteiger partial charge < -0.3 is 18.6 Å². The molecule has 3 rings (SSSR count). The van der Waals surface area contributed by atoms with Gasteiger partial charge in [-0.3, -0.25) is 0 Å². The lowest BCUT2D eigenvalue weighted by Crippen LogP contribution is -2.04. The van der Waals surface area contributed by atoms with E-state index in [2.05, 4.69) is 0 Å². The predicted octanol–water partition coefficient (Wildman–Crippen LogP) is 4.08. The lowest BCUT2D eigenvalue weighted by atomic mass is 10.1. The average molecular weight is 332 g/mol. The molecule has 0 unspecified atom stereocenters. The SMILES string of the molecule is CCOC(=O)c1oc(SC)cc1/C=C/c1ccc2c(c1)OCO2. The lowest BCUT2D eigenvalue weighted by molar-refractivity contribution is 0.0484.